The largest absolute Gasteiger partial charge is 0.465 e. The number of hydrogen-bond acceptors (Lipinski definition) is 3. The molecule has 2 N–H and O–H groups in total. The molecule has 0 aliphatic rings. The standard InChI is InChI=1S/C21H16F6N2O3/c1-10-6-15-12(8-14(10)19(31)32-2)9-16(28-15)18(30)29-17(21(25,26)27)11-4-3-5-13(7-11)20(22,23)24/h3-9,17,28H,1-2H3,(H,29,30). The van der Waals surface area contributed by atoms with Gasteiger partial charge in [-0.05, 0) is 48.4 Å². The van der Waals surface area contributed by atoms with E-state index in [1.165, 1.54) is 25.3 Å². The molecule has 2 aromatic carbocycles. The molecule has 1 unspecified atom stereocenters. The number of carbonyl (C=O) groups excluding carboxylic acids is 2. The molecule has 3 rings (SSSR count). The predicted octanol–water partition coefficient (Wildman–Crippen LogP) is 5.32. The van der Waals surface area contributed by atoms with E-state index in [0.29, 0.717) is 28.6 Å². The maximum absolute atomic E-state index is 13.6. The molecule has 0 saturated carbocycles. The summed E-state index contributed by atoms with van der Waals surface area (Å²) in [6, 6.07) is 4.16. The molecule has 32 heavy (non-hydrogen) atoms. The van der Waals surface area contributed by atoms with Gasteiger partial charge in [0.1, 0.15) is 5.69 Å². The molecular weight excluding hydrogens is 442 g/mol. The lowest BCUT2D eigenvalue weighted by molar-refractivity contribution is -0.156. The van der Waals surface area contributed by atoms with Crippen LogP contribution in [-0.2, 0) is 10.9 Å². The van der Waals surface area contributed by atoms with E-state index >= 15 is 0 Å². The van der Waals surface area contributed by atoms with Crippen molar-refractivity contribution in [3.8, 4) is 0 Å². The number of benzene rings is 2. The molecule has 5 nitrogen and oxygen atoms in total. The molecule has 0 bridgehead atoms. The van der Waals surface area contributed by atoms with Crippen LogP contribution in [0.4, 0.5) is 26.3 Å². The van der Waals surface area contributed by atoms with Crippen LogP contribution in [0, 0.1) is 6.92 Å². The van der Waals surface area contributed by atoms with Gasteiger partial charge in [-0.3, -0.25) is 4.79 Å². The molecule has 1 amide bonds. The topological polar surface area (TPSA) is 71.2 Å². The van der Waals surface area contributed by atoms with E-state index < -0.39 is 41.4 Å². The predicted molar refractivity (Wildman–Crippen MR) is 102 cm³/mol. The van der Waals surface area contributed by atoms with Crippen LogP contribution in [0.25, 0.3) is 10.9 Å². The average Bonchev–Trinajstić information content (AvgIpc) is 3.12. The minimum absolute atomic E-state index is 0.211. The van der Waals surface area contributed by atoms with Crippen LogP contribution in [0.2, 0.25) is 0 Å². The van der Waals surface area contributed by atoms with E-state index in [0.717, 1.165) is 12.1 Å². The number of rotatable bonds is 4. The first-order valence-corrected chi connectivity index (χ1v) is 9.07. The van der Waals surface area contributed by atoms with Crippen molar-refractivity contribution >= 4 is 22.8 Å². The van der Waals surface area contributed by atoms with Gasteiger partial charge >= 0.3 is 18.3 Å². The van der Waals surface area contributed by atoms with Crippen molar-refractivity contribution in [3.05, 3.63) is 70.4 Å². The Morgan fingerprint density at radius 3 is 2.31 bits per heavy atom. The monoisotopic (exact) mass is 458 g/mol. The zero-order valence-corrected chi connectivity index (χ0v) is 16.6. The van der Waals surface area contributed by atoms with Crippen molar-refractivity contribution in [2.45, 2.75) is 25.3 Å². The van der Waals surface area contributed by atoms with Gasteiger partial charge in [-0.1, -0.05) is 12.1 Å². The average molecular weight is 458 g/mol. The number of methoxy groups -OCH3 is 1. The minimum Gasteiger partial charge on any atom is -0.465 e. The lowest BCUT2D eigenvalue weighted by Crippen LogP contribution is -2.38. The van der Waals surface area contributed by atoms with Gasteiger partial charge in [-0.2, -0.15) is 26.3 Å². The molecule has 0 spiro atoms. The molecule has 0 saturated heterocycles. The SMILES string of the molecule is COC(=O)c1cc2cc(C(=O)NC(c3cccc(C(F)(F)F)c3)C(F)(F)F)[nH]c2cc1C. The van der Waals surface area contributed by atoms with E-state index in [4.69, 9.17) is 0 Å². The summed E-state index contributed by atoms with van der Waals surface area (Å²) in [5.74, 6) is -1.81. The number of ether oxygens (including phenoxy) is 1. The number of esters is 1. The first kappa shape index (κ1) is 23.2. The Balaban J connectivity index is 1.95. The number of aromatic amines is 1. The number of amides is 1. The van der Waals surface area contributed by atoms with Gasteiger partial charge in [0, 0.05) is 10.9 Å². The van der Waals surface area contributed by atoms with Crippen LogP contribution in [0.3, 0.4) is 0 Å². The number of aryl methyl sites for hydroxylation is 1. The second kappa shape index (κ2) is 8.21. The van der Waals surface area contributed by atoms with Gasteiger partial charge in [0.15, 0.2) is 6.04 Å². The molecule has 11 heteroatoms. The van der Waals surface area contributed by atoms with Crippen molar-refractivity contribution in [1.82, 2.24) is 10.3 Å². The summed E-state index contributed by atoms with van der Waals surface area (Å²) in [6.45, 7) is 1.61. The Kier molecular flexibility index (Phi) is 5.94. The highest BCUT2D eigenvalue weighted by molar-refractivity contribution is 6.01. The van der Waals surface area contributed by atoms with Gasteiger partial charge in [0.05, 0.1) is 18.2 Å². The normalized spacial score (nSPS) is 13.1. The van der Waals surface area contributed by atoms with Crippen molar-refractivity contribution in [1.29, 1.82) is 0 Å². The lowest BCUT2D eigenvalue weighted by atomic mass is 10.0. The van der Waals surface area contributed by atoms with Crippen LogP contribution in [0.1, 0.15) is 43.6 Å². The highest BCUT2D eigenvalue weighted by atomic mass is 19.4. The van der Waals surface area contributed by atoms with Crippen LogP contribution in [0.5, 0.6) is 0 Å². The summed E-state index contributed by atoms with van der Waals surface area (Å²) in [7, 11) is 1.19. The summed E-state index contributed by atoms with van der Waals surface area (Å²) in [4.78, 5) is 27.0. The van der Waals surface area contributed by atoms with Gasteiger partial charge in [-0.25, -0.2) is 4.79 Å². The molecule has 0 radical (unpaired) electrons. The Morgan fingerprint density at radius 2 is 1.72 bits per heavy atom. The molecular formula is C21H16F6N2O3. The quantitative estimate of drug-likeness (QED) is 0.411. The zero-order valence-electron chi connectivity index (χ0n) is 16.6. The third kappa shape index (κ3) is 4.71. The van der Waals surface area contributed by atoms with Crippen molar-refractivity contribution in [3.63, 3.8) is 0 Å². The highest BCUT2D eigenvalue weighted by Gasteiger charge is 2.43. The van der Waals surface area contributed by atoms with Gasteiger partial charge < -0.3 is 15.0 Å². The van der Waals surface area contributed by atoms with Crippen LogP contribution in [0.15, 0.2) is 42.5 Å². The second-order valence-corrected chi connectivity index (χ2v) is 7.00. The molecule has 170 valence electrons. The van der Waals surface area contributed by atoms with E-state index in [9.17, 15) is 35.9 Å². The number of fused-ring (bicyclic) bond motifs is 1. The van der Waals surface area contributed by atoms with Gasteiger partial charge in [0.2, 0.25) is 0 Å². The first-order chi connectivity index (χ1) is 14.8. The first-order valence-electron chi connectivity index (χ1n) is 9.07. The van der Waals surface area contributed by atoms with Gasteiger partial charge in [-0.15, -0.1) is 0 Å². The fourth-order valence-corrected chi connectivity index (χ4v) is 3.20. The van der Waals surface area contributed by atoms with E-state index in [1.807, 2.05) is 0 Å². The minimum atomic E-state index is -5.06. The number of alkyl halides is 6. The highest BCUT2D eigenvalue weighted by Crippen LogP contribution is 2.36. The lowest BCUT2D eigenvalue weighted by Gasteiger charge is -2.22. The fourth-order valence-electron chi connectivity index (χ4n) is 3.20. The summed E-state index contributed by atoms with van der Waals surface area (Å²) >= 11 is 0. The Hall–Kier alpha value is -3.50. The molecule has 3 aromatic rings. The Bertz CT molecular complexity index is 1180. The van der Waals surface area contributed by atoms with Crippen LogP contribution >= 0.6 is 0 Å². The molecule has 0 aliphatic heterocycles. The number of halogens is 6. The van der Waals surface area contributed by atoms with E-state index in [1.54, 1.807) is 12.2 Å². The van der Waals surface area contributed by atoms with Gasteiger partial charge in [0.25, 0.3) is 5.91 Å². The van der Waals surface area contributed by atoms with Crippen molar-refractivity contribution < 1.29 is 40.7 Å². The molecule has 1 aromatic heterocycles. The number of carbonyl (C=O) groups is 2. The van der Waals surface area contributed by atoms with Crippen LogP contribution in [-0.4, -0.2) is 30.1 Å². The Labute approximate surface area is 177 Å². The van der Waals surface area contributed by atoms with E-state index in [-0.39, 0.29) is 11.3 Å². The number of aromatic nitrogens is 1. The van der Waals surface area contributed by atoms with Crippen molar-refractivity contribution in [2.24, 2.45) is 0 Å². The summed E-state index contributed by atoms with van der Waals surface area (Å²) in [5.41, 5.74) is -1.19. The molecule has 0 aliphatic carbocycles. The van der Waals surface area contributed by atoms with E-state index in [2.05, 4.69) is 9.72 Å². The third-order valence-electron chi connectivity index (χ3n) is 4.77. The summed E-state index contributed by atoms with van der Waals surface area (Å²) < 4.78 is 84.2. The molecule has 0 fully saturated rings. The smallest absolute Gasteiger partial charge is 0.416 e. The number of hydrogen-bond donors (Lipinski definition) is 2. The van der Waals surface area contributed by atoms with Crippen molar-refractivity contribution in [2.75, 3.05) is 7.11 Å². The zero-order chi connectivity index (χ0) is 23.8. The number of H-pyrrole nitrogens is 1. The Morgan fingerprint density at radius 1 is 1.03 bits per heavy atom. The maximum atomic E-state index is 13.6. The second-order valence-electron chi connectivity index (χ2n) is 7.00. The summed E-state index contributed by atoms with van der Waals surface area (Å²) in [5, 5.41) is 2.10. The maximum Gasteiger partial charge on any atom is 0.416 e. The fraction of sp³-hybridized carbons (Fsp3) is 0.238. The third-order valence-corrected chi connectivity index (χ3v) is 4.77. The molecule has 1 atom stereocenters. The van der Waals surface area contributed by atoms with Crippen LogP contribution < -0.4 is 5.32 Å². The summed E-state index contributed by atoms with van der Waals surface area (Å²) in [6.07, 6.45) is -9.90. The number of nitrogens with one attached hydrogen (secondary N) is 2. The molecule has 1 heterocycles.